The van der Waals surface area contributed by atoms with Gasteiger partial charge in [0.15, 0.2) is 0 Å². The topological polar surface area (TPSA) is 73.8 Å². The number of hydrogen-bond acceptors (Lipinski definition) is 4. The zero-order valence-corrected chi connectivity index (χ0v) is 14.9. The lowest BCUT2D eigenvalue weighted by atomic mass is 10.1. The molecule has 2 amide bonds. The predicted molar refractivity (Wildman–Crippen MR) is 103 cm³/mol. The molecule has 0 spiro atoms. The van der Waals surface area contributed by atoms with Crippen molar-refractivity contribution in [2.45, 2.75) is 18.9 Å². The molecule has 0 saturated carbocycles. The first-order valence-corrected chi connectivity index (χ1v) is 8.89. The number of benzene rings is 2. The molecule has 3 N–H and O–H groups in total. The van der Waals surface area contributed by atoms with Gasteiger partial charge in [0.1, 0.15) is 5.75 Å². The molecule has 6 heteroatoms. The highest BCUT2D eigenvalue weighted by Crippen LogP contribution is 2.28. The first-order chi connectivity index (χ1) is 12.7. The molecule has 1 aliphatic heterocycles. The van der Waals surface area contributed by atoms with E-state index >= 15 is 0 Å². The van der Waals surface area contributed by atoms with Crippen LogP contribution in [0.3, 0.4) is 0 Å². The van der Waals surface area contributed by atoms with Gasteiger partial charge in [-0.2, -0.15) is 0 Å². The smallest absolute Gasteiger partial charge is 0.319 e. The van der Waals surface area contributed by atoms with E-state index in [2.05, 4.69) is 15.5 Å². The zero-order valence-electron chi connectivity index (χ0n) is 14.9. The van der Waals surface area contributed by atoms with Crippen LogP contribution in [-0.4, -0.2) is 37.9 Å². The summed E-state index contributed by atoms with van der Waals surface area (Å²) in [4.78, 5) is 14.6. The molecule has 2 aromatic carbocycles. The quantitative estimate of drug-likeness (QED) is 0.744. The first kappa shape index (κ1) is 18.1. The fraction of sp³-hybridized carbons (Fsp3) is 0.350. The monoisotopic (exact) mass is 355 g/mol. The lowest BCUT2D eigenvalue weighted by molar-refractivity contribution is 0.171. The summed E-state index contributed by atoms with van der Waals surface area (Å²) >= 11 is 0. The minimum Gasteiger partial charge on any atom is -0.496 e. The Bertz CT molecular complexity index is 745. The van der Waals surface area contributed by atoms with Gasteiger partial charge >= 0.3 is 6.03 Å². The van der Waals surface area contributed by atoms with Crippen LogP contribution in [0.25, 0.3) is 0 Å². The number of nitrogens with zero attached hydrogens (tertiary/aromatic N) is 1. The van der Waals surface area contributed by atoms with Crippen LogP contribution in [-0.2, 0) is 0 Å². The number of carbonyl (C=O) groups excluding carboxylic acids is 1. The third-order valence-electron chi connectivity index (χ3n) is 4.55. The van der Waals surface area contributed by atoms with Crippen LogP contribution < -0.4 is 20.3 Å². The standard InChI is InChI=1S/C20H25N3O3/c1-26-19-11-5-2-8-15(19)18(24)14-21-20(25)22-16-9-3-4-10-17(16)23-12-6-7-13-23/h2-5,8-11,18,24H,6-7,12-14H2,1H3,(H2,21,22,25)/t18-/m0/s1. The highest BCUT2D eigenvalue weighted by Gasteiger charge is 2.17. The number of anilines is 2. The normalized spacial score (nSPS) is 14.8. The largest absolute Gasteiger partial charge is 0.496 e. The number of hydrogen-bond donors (Lipinski definition) is 3. The van der Waals surface area contributed by atoms with E-state index in [-0.39, 0.29) is 12.6 Å². The molecule has 26 heavy (non-hydrogen) atoms. The third kappa shape index (κ3) is 4.26. The molecule has 0 aliphatic carbocycles. The van der Waals surface area contributed by atoms with E-state index in [1.165, 1.54) is 12.8 Å². The van der Waals surface area contributed by atoms with Gasteiger partial charge in [0.2, 0.25) is 0 Å². The minimum atomic E-state index is -0.842. The Labute approximate surface area is 153 Å². The molecular formula is C20H25N3O3. The van der Waals surface area contributed by atoms with Crippen LogP contribution in [0, 0.1) is 0 Å². The van der Waals surface area contributed by atoms with Gasteiger partial charge in [0.25, 0.3) is 0 Å². The number of nitrogens with one attached hydrogen (secondary N) is 2. The lowest BCUT2D eigenvalue weighted by Gasteiger charge is -2.22. The Morgan fingerprint density at radius 2 is 1.85 bits per heavy atom. The zero-order chi connectivity index (χ0) is 18.4. The van der Waals surface area contributed by atoms with Crippen molar-refractivity contribution in [3.63, 3.8) is 0 Å². The van der Waals surface area contributed by atoms with Crippen molar-refractivity contribution in [2.75, 3.05) is 37.0 Å². The maximum Gasteiger partial charge on any atom is 0.319 e. The molecule has 0 radical (unpaired) electrons. The number of para-hydroxylation sites is 3. The molecule has 1 fully saturated rings. The number of urea groups is 1. The Morgan fingerprint density at radius 3 is 2.62 bits per heavy atom. The van der Waals surface area contributed by atoms with Gasteiger partial charge in [0.05, 0.1) is 24.6 Å². The van der Waals surface area contributed by atoms with Crippen LogP contribution in [0.2, 0.25) is 0 Å². The van der Waals surface area contributed by atoms with Gasteiger partial charge in [-0.25, -0.2) is 4.79 Å². The Morgan fingerprint density at radius 1 is 1.15 bits per heavy atom. The molecule has 2 aromatic rings. The molecule has 1 aliphatic rings. The van der Waals surface area contributed by atoms with Crippen molar-refractivity contribution < 1.29 is 14.6 Å². The first-order valence-electron chi connectivity index (χ1n) is 8.89. The van der Waals surface area contributed by atoms with Gasteiger partial charge in [0, 0.05) is 25.2 Å². The van der Waals surface area contributed by atoms with Crippen molar-refractivity contribution in [1.29, 1.82) is 0 Å². The number of carbonyl (C=O) groups is 1. The van der Waals surface area contributed by atoms with E-state index in [0.717, 1.165) is 24.5 Å². The molecule has 3 rings (SSSR count). The number of aliphatic hydroxyl groups excluding tert-OH is 1. The molecular weight excluding hydrogens is 330 g/mol. The average molecular weight is 355 g/mol. The van der Waals surface area contributed by atoms with Crippen molar-refractivity contribution in [2.24, 2.45) is 0 Å². The van der Waals surface area contributed by atoms with E-state index in [1.54, 1.807) is 19.2 Å². The number of aliphatic hydroxyl groups is 1. The number of methoxy groups -OCH3 is 1. The Hall–Kier alpha value is -2.73. The van der Waals surface area contributed by atoms with E-state index in [1.807, 2.05) is 36.4 Å². The number of amides is 2. The van der Waals surface area contributed by atoms with E-state index < -0.39 is 6.10 Å². The second-order valence-corrected chi connectivity index (χ2v) is 6.30. The van der Waals surface area contributed by atoms with Gasteiger partial charge in [-0.3, -0.25) is 0 Å². The lowest BCUT2D eigenvalue weighted by Crippen LogP contribution is -2.33. The van der Waals surface area contributed by atoms with Gasteiger partial charge in [-0.05, 0) is 31.0 Å². The van der Waals surface area contributed by atoms with Gasteiger partial charge in [-0.15, -0.1) is 0 Å². The van der Waals surface area contributed by atoms with Crippen LogP contribution in [0.4, 0.5) is 16.2 Å². The average Bonchev–Trinajstić information content (AvgIpc) is 3.21. The van der Waals surface area contributed by atoms with Gasteiger partial charge < -0.3 is 25.4 Å². The molecule has 1 heterocycles. The van der Waals surface area contributed by atoms with Crippen molar-refractivity contribution in [1.82, 2.24) is 5.32 Å². The van der Waals surface area contributed by atoms with E-state index in [0.29, 0.717) is 11.3 Å². The minimum absolute atomic E-state index is 0.0953. The number of rotatable bonds is 6. The fourth-order valence-electron chi connectivity index (χ4n) is 3.22. The second kappa shape index (κ2) is 8.58. The summed E-state index contributed by atoms with van der Waals surface area (Å²) in [6, 6.07) is 14.7. The third-order valence-corrected chi connectivity index (χ3v) is 4.55. The van der Waals surface area contributed by atoms with Gasteiger partial charge in [-0.1, -0.05) is 30.3 Å². The molecule has 0 aromatic heterocycles. The molecule has 0 unspecified atom stereocenters. The molecule has 1 atom stereocenters. The van der Waals surface area contributed by atoms with Crippen molar-refractivity contribution >= 4 is 17.4 Å². The summed E-state index contributed by atoms with van der Waals surface area (Å²) in [6.45, 7) is 2.11. The summed E-state index contributed by atoms with van der Waals surface area (Å²) in [6.07, 6.45) is 1.50. The number of ether oxygens (including phenoxy) is 1. The molecule has 6 nitrogen and oxygen atoms in total. The summed E-state index contributed by atoms with van der Waals surface area (Å²) in [7, 11) is 1.56. The summed E-state index contributed by atoms with van der Waals surface area (Å²) in [5, 5.41) is 16.0. The highest BCUT2D eigenvalue weighted by atomic mass is 16.5. The summed E-state index contributed by atoms with van der Waals surface area (Å²) < 4.78 is 5.25. The maximum atomic E-state index is 12.3. The Balaban J connectivity index is 1.59. The van der Waals surface area contributed by atoms with Crippen molar-refractivity contribution in [3.05, 3.63) is 54.1 Å². The van der Waals surface area contributed by atoms with Crippen molar-refractivity contribution in [3.8, 4) is 5.75 Å². The molecule has 0 bridgehead atoms. The SMILES string of the molecule is COc1ccccc1[C@@H](O)CNC(=O)Nc1ccccc1N1CCCC1. The predicted octanol–water partition coefficient (Wildman–Crippen LogP) is 3.15. The summed E-state index contributed by atoms with van der Waals surface area (Å²) in [5.74, 6) is 0.599. The van der Waals surface area contributed by atoms with Crippen LogP contribution in [0.15, 0.2) is 48.5 Å². The molecule has 1 saturated heterocycles. The molecule has 138 valence electrons. The fourth-order valence-corrected chi connectivity index (χ4v) is 3.22. The maximum absolute atomic E-state index is 12.3. The van der Waals surface area contributed by atoms with E-state index in [9.17, 15) is 9.90 Å². The van der Waals surface area contributed by atoms with Crippen LogP contribution in [0.1, 0.15) is 24.5 Å². The Kier molecular flexibility index (Phi) is 5.96. The summed E-state index contributed by atoms with van der Waals surface area (Å²) in [5.41, 5.74) is 2.46. The van der Waals surface area contributed by atoms with E-state index in [4.69, 9.17) is 4.74 Å². The van der Waals surface area contributed by atoms with Crippen LogP contribution >= 0.6 is 0 Å². The van der Waals surface area contributed by atoms with Crippen LogP contribution in [0.5, 0.6) is 5.75 Å². The second-order valence-electron chi connectivity index (χ2n) is 6.30. The highest BCUT2D eigenvalue weighted by molar-refractivity contribution is 5.93.